The molecule has 1 aromatic carbocycles. The van der Waals surface area contributed by atoms with E-state index in [4.69, 9.17) is 10.8 Å². The Balaban J connectivity index is 2.07. The summed E-state index contributed by atoms with van der Waals surface area (Å²) in [5.74, 6) is -0.951. The third-order valence-electron chi connectivity index (χ3n) is 2.96. The van der Waals surface area contributed by atoms with Crippen molar-refractivity contribution >= 4 is 5.97 Å². The summed E-state index contributed by atoms with van der Waals surface area (Å²) >= 11 is 0. The Labute approximate surface area is 113 Å². The number of benzene rings is 1. The Morgan fingerprint density at radius 2 is 1.95 bits per heavy atom. The number of aliphatic hydroxyl groups excluding tert-OH is 1. The van der Waals surface area contributed by atoms with Gasteiger partial charge in [0.15, 0.2) is 0 Å². The van der Waals surface area contributed by atoms with Gasteiger partial charge >= 0.3 is 5.97 Å². The molecular weight excluding hydrogens is 244 g/mol. The maximum atomic E-state index is 10.5. The van der Waals surface area contributed by atoms with Crippen molar-refractivity contribution in [2.24, 2.45) is 5.73 Å². The number of rotatable bonds is 9. The van der Waals surface area contributed by atoms with Crippen molar-refractivity contribution in [3.05, 3.63) is 35.9 Å². The molecule has 0 aromatic heterocycles. The van der Waals surface area contributed by atoms with E-state index in [1.54, 1.807) is 0 Å². The lowest BCUT2D eigenvalue weighted by Crippen LogP contribution is -2.30. The summed E-state index contributed by atoms with van der Waals surface area (Å²) in [6.07, 6.45) is 1.59. The van der Waals surface area contributed by atoms with Crippen molar-refractivity contribution in [3.8, 4) is 0 Å². The van der Waals surface area contributed by atoms with Gasteiger partial charge in [0.05, 0.1) is 6.10 Å². The monoisotopic (exact) mass is 266 g/mol. The third kappa shape index (κ3) is 6.33. The summed E-state index contributed by atoms with van der Waals surface area (Å²) < 4.78 is 0. The Kier molecular flexibility index (Phi) is 7.10. The minimum atomic E-state index is -0.951. The molecule has 5 nitrogen and oxygen atoms in total. The van der Waals surface area contributed by atoms with Gasteiger partial charge in [0.25, 0.3) is 0 Å². The lowest BCUT2D eigenvalue weighted by Gasteiger charge is -2.12. The van der Waals surface area contributed by atoms with Crippen LogP contribution in [-0.2, 0) is 4.79 Å². The number of unbranched alkanes of at least 4 members (excludes halogenated alkanes) is 1. The van der Waals surface area contributed by atoms with E-state index < -0.39 is 18.1 Å². The van der Waals surface area contributed by atoms with Crippen LogP contribution in [0.4, 0.5) is 0 Å². The summed E-state index contributed by atoms with van der Waals surface area (Å²) in [7, 11) is 0. The highest BCUT2D eigenvalue weighted by Gasteiger charge is 2.10. The molecule has 1 aromatic rings. The Hall–Kier alpha value is -1.43. The molecule has 0 aliphatic heterocycles. The highest BCUT2D eigenvalue weighted by atomic mass is 16.4. The standard InChI is InChI=1S/C14H22N2O3/c15-12(14(18)19)8-4-5-9-16-10-13(17)11-6-2-1-3-7-11/h1-3,6-7,12-13,16-17H,4-5,8-10,15H2,(H,18,19)/t12-,13?/m0/s1. The second-order valence-electron chi connectivity index (χ2n) is 4.57. The lowest BCUT2D eigenvalue weighted by atomic mass is 10.1. The molecule has 5 N–H and O–H groups in total. The molecule has 0 heterocycles. The molecule has 1 rings (SSSR count). The van der Waals surface area contributed by atoms with Crippen LogP contribution in [0.5, 0.6) is 0 Å². The van der Waals surface area contributed by atoms with Crippen LogP contribution in [0, 0.1) is 0 Å². The topological polar surface area (TPSA) is 95.6 Å². The first-order chi connectivity index (χ1) is 9.11. The van der Waals surface area contributed by atoms with Crippen LogP contribution in [-0.4, -0.2) is 35.3 Å². The van der Waals surface area contributed by atoms with Gasteiger partial charge < -0.3 is 21.3 Å². The number of nitrogens with one attached hydrogen (secondary N) is 1. The highest BCUT2D eigenvalue weighted by molar-refractivity contribution is 5.72. The molecule has 0 aliphatic carbocycles. The molecule has 0 fully saturated rings. The number of aliphatic hydroxyl groups is 1. The maximum absolute atomic E-state index is 10.5. The molecule has 0 radical (unpaired) electrons. The Morgan fingerprint density at radius 3 is 2.58 bits per heavy atom. The number of carboxylic acid groups (broad SMARTS) is 1. The fourth-order valence-electron chi connectivity index (χ4n) is 1.77. The molecule has 1 unspecified atom stereocenters. The van der Waals surface area contributed by atoms with E-state index in [0.717, 1.165) is 24.9 Å². The normalized spacial score (nSPS) is 14.0. The number of hydrogen-bond acceptors (Lipinski definition) is 4. The average molecular weight is 266 g/mol. The Morgan fingerprint density at radius 1 is 1.26 bits per heavy atom. The van der Waals surface area contributed by atoms with E-state index in [9.17, 15) is 9.90 Å². The second kappa shape index (κ2) is 8.63. The second-order valence-corrected chi connectivity index (χ2v) is 4.57. The van der Waals surface area contributed by atoms with Crippen LogP contribution in [0.25, 0.3) is 0 Å². The Bertz CT molecular complexity index is 370. The molecule has 0 amide bonds. The van der Waals surface area contributed by atoms with E-state index in [2.05, 4.69) is 5.32 Å². The van der Waals surface area contributed by atoms with Crippen LogP contribution in [0.2, 0.25) is 0 Å². The minimum Gasteiger partial charge on any atom is -0.480 e. The number of carbonyl (C=O) groups is 1. The van der Waals surface area contributed by atoms with Gasteiger partial charge in [-0.15, -0.1) is 0 Å². The minimum absolute atomic E-state index is 0.484. The lowest BCUT2D eigenvalue weighted by molar-refractivity contribution is -0.138. The van der Waals surface area contributed by atoms with Crippen molar-refractivity contribution in [1.29, 1.82) is 0 Å². The first-order valence-electron chi connectivity index (χ1n) is 6.53. The van der Waals surface area contributed by atoms with Crippen molar-refractivity contribution in [2.45, 2.75) is 31.4 Å². The zero-order valence-corrected chi connectivity index (χ0v) is 11.0. The quantitative estimate of drug-likeness (QED) is 0.498. The van der Waals surface area contributed by atoms with Gasteiger partial charge in [-0.3, -0.25) is 4.79 Å². The number of hydrogen-bond donors (Lipinski definition) is 4. The molecule has 19 heavy (non-hydrogen) atoms. The molecule has 106 valence electrons. The molecule has 0 aliphatic rings. The van der Waals surface area contributed by atoms with Crippen molar-refractivity contribution < 1.29 is 15.0 Å². The summed E-state index contributed by atoms with van der Waals surface area (Å²) in [6, 6.07) is 8.71. The van der Waals surface area contributed by atoms with Crippen LogP contribution >= 0.6 is 0 Å². The SMILES string of the molecule is N[C@@H](CCCCNCC(O)c1ccccc1)C(=O)O. The van der Waals surface area contributed by atoms with E-state index in [1.165, 1.54) is 0 Å². The fourth-order valence-corrected chi connectivity index (χ4v) is 1.77. The summed E-state index contributed by atoms with van der Waals surface area (Å²) in [5, 5.41) is 21.6. The summed E-state index contributed by atoms with van der Waals surface area (Å²) in [4.78, 5) is 10.5. The summed E-state index contributed by atoms with van der Waals surface area (Å²) in [6.45, 7) is 1.24. The van der Waals surface area contributed by atoms with Gasteiger partial charge in [-0.2, -0.15) is 0 Å². The fraction of sp³-hybridized carbons (Fsp3) is 0.500. The van der Waals surface area contributed by atoms with Crippen LogP contribution in [0.15, 0.2) is 30.3 Å². The van der Waals surface area contributed by atoms with E-state index in [1.807, 2.05) is 30.3 Å². The molecule has 0 saturated carbocycles. The molecule has 5 heteroatoms. The van der Waals surface area contributed by atoms with Gasteiger partial charge in [0.1, 0.15) is 6.04 Å². The molecule has 2 atom stereocenters. The summed E-state index contributed by atoms with van der Waals surface area (Å²) in [5.41, 5.74) is 6.29. The van der Waals surface area contributed by atoms with Gasteiger partial charge in [-0.25, -0.2) is 0 Å². The first-order valence-corrected chi connectivity index (χ1v) is 6.53. The average Bonchev–Trinajstić information content (AvgIpc) is 2.42. The molecule has 0 saturated heterocycles. The van der Waals surface area contributed by atoms with Gasteiger partial charge in [0.2, 0.25) is 0 Å². The number of nitrogens with two attached hydrogens (primary N) is 1. The number of carboxylic acids is 1. The van der Waals surface area contributed by atoms with E-state index in [0.29, 0.717) is 13.0 Å². The zero-order valence-electron chi connectivity index (χ0n) is 11.0. The largest absolute Gasteiger partial charge is 0.480 e. The predicted molar refractivity (Wildman–Crippen MR) is 73.7 cm³/mol. The van der Waals surface area contributed by atoms with Crippen LogP contribution in [0.1, 0.15) is 30.9 Å². The van der Waals surface area contributed by atoms with E-state index >= 15 is 0 Å². The first kappa shape index (κ1) is 15.6. The highest BCUT2D eigenvalue weighted by Crippen LogP contribution is 2.10. The van der Waals surface area contributed by atoms with Gasteiger partial charge in [0, 0.05) is 6.54 Å². The zero-order chi connectivity index (χ0) is 14.1. The van der Waals surface area contributed by atoms with Crippen molar-refractivity contribution in [1.82, 2.24) is 5.32 Å². The maximum Gasteiger partial charge on any atom is 0.320 e. The smallest absolute Gasteiger partial charge is 0.320 e. The molecule has 0 spiro atoms. The van der Waals surface area contributed by atoms with Crippen LogP contribution in [0.3, 0.4) is 0 Å². The van der Waals surface area contributed by atoms with Crippen LogP contribution < -0.4 is 11.1 Å². The third-order valence-corrected chi connectivity index (χ3v) is 2.96. The molecular formula is C14H22N2O3. The predicted octanol–water partition coefficient (Wildman–Crippen LogP) is 0.892. The van der Waals surface area contributed by atoms with Crippen molar-refractivity contribution in [3.63, 3.8) is 0 Å². The van der Waals surface area contributed by atoms with Gasteiger partial charge in [-0.1, -0.05) is 36.8 Å². The number of aliphatic carboxylic acids is 1. The molecule has 0 bridgehead atoms. The van der Waals surface area contributed by atoms with Gasteiger partial charge in [-0.05, 0) is 24.9 Å². The van der Waals surface area contributed by atoms with E-state index in [-0.39, 0.29) is 0 Å². The van der Waals surface area contributed by atoms with Crippen molar-refractivity contribution in [2.75, 3.05) is 13.1 Å².